The number of aromatic nitrogens is 3. The summed E-state index contributed by atoms with van der Waals surface area (Å²) in [6.07, 6.45) is 8.56. The quantitative estimate of drug-likeness (QED) is 0.0584. The fraction of sp³-hybridized carbons (Fsp3) is 0.161. The number of ether oxygens (including phenoxy) is 2. The van der Waals surface area contributed by atoms with Crippen molar-refractivity contribution in [2.24, 2.45) is 5.73 Å². The van der Waals surface area contributed by atoms with Crippen LogP contribution in [0.4, 0.5) is 17.6 Å². The molecule has 0 bridgehead atoms. The van der Waals surface area contributed by atoms with E-state index in [1.807, 2.05) is 84.9 Å². The van der Waals surface area contributed by atoms with Gasteiger partial charge in [-0.2, -0.15) is 0 Å². The standard InChI is InChI=1S/C32H27F2NO3.C20H18F2N2O.C10H9NO3.ClH/c1-38-29-10-7-21(8-11-29)30-3-2-12-35-32(30)24(13-20-14-25(33)18-26(34)15-20)17-28(37)16-23-5-4-22-6-9-27(36)19-31(22)23;1-25-17-6-4-14(5-7-17)18-3-2-8-24-20(18)19(23)11-13-9-15(21)12-16(22)10-13;12-7-1-2-9-8(4-7)6(5-11-9)3-10(13)14;/h2-3,5-12,14-15,18-19,24,36H,4,13,16-17H2,1H3;2-10,12,19H,11,23H2,1H3;1-2,4-5,11-12H,3H2,(H,13,14);1H/t24-;19-;;/m10../s1. The number of allylic oxidation sites excluding steroid dienone is 2. The summed E-state index contributed by atoms with van der Waals surface area (Å²) < 4.78 is 65.3. The number of carboxylic acid groups (broad SMARTS) is 1. The van der Waals surface area contributed by atoms with Crippen molar-refractivity contribution in [1.29, 1.82) is 0 Å². The van der Waals surface area contributed by atoms with Crippen LogP contribution in [-0.2, 0) is 35.3 Å². The number of aromatic hydroxyl groups is 2. The first-order chi connectivity index (χ1) is 37.1. The van der Waals surface area contributed by atoms with Crippen molar-refractivity contribution >= 4 is 40.6 Å². The maximum Gasteiger partial charge on any atom is 0.307 e. The molecule has 0 unspecified atom stereocenters. The Morgan fingerprint density at radius 3 is 1.73 bits per heavy atom. The second-order valence-electron chi connectivity index (χ2n) is 18.4. The molecule has 2 atom stereocenters. The van der Waals surface area contributed by atoms with E-state index in [1.54, 1.807) is 63.1 Å². The summed E-state index contributed by atoms with van der Waals surface area (Å²) in [5, 5.41) is 28.6. The Hall–Kier alpha value is -8.79. The number of nitrogens with zero attached hydrogens (tertiary/aromatic N) is 2. The van der Waals surface area contributed by atoms with E-state index < -0.39 is 41.2 Å². The van der Waals surface area contributed by atoms with Crippen LogP contribution < -0.4 is 15.2 Å². The monoisotopic (exact) mass is 1080 g/mol. The lowest BCUT2D eigenvalue weighted by Gasteiger charge is -2.20. The predicted octanol–water partition coefficient (Wildman–Crippen LogP) is 13.3. The molecule has 0 fully saturated rings. The second kappa shape index (κ2) is 26.3. The SMILES string of the molecule is COc1ccc(-c2cccnc2[C@@H](CC(=O)CC2=CCc3ccc(O)cc32)Cc2cc(F)cc(F)c2)cc1.COc1ccc(-c2cccnc2[C@@H](N)Cc2cc(F)cc(F)c2)cc1.Cl.O=C(O)Cc1c[nH]c2ccc(O)cc12. The maximum atomic E-state index is 14.0. The van der Waals surface area contributed by atoms with Gasteiger partial charge in [-0.1, -0.05) is 48.5 Å². The number of aromatic amines is 1. The Morgan fingerprint density at radius 1 is 0.641 bits per heavy atom. The van der Waals surface area contributed by atoms with Gasteiger partial charge in [0, 0.05) is 71.5 Å². The van der Waals surface area contributed by atoms with Crippen molar-refractivity contribution < 1.29 is 51.9 Å². The van der Waals surface area contributed by atoms with Gasteiger partial charge in [-0.05, 0) is 155 Å². The zero-order valence-corrected chi connectivity index (χ0v) is 43.2. The van der Waals surface area contributed by atoms with Crippen molar-refractivity contribution in [3.8, 4) is 45.3 Å². The third kappa shape index (κ3) is 14.8. The summed E-state index contributed by atoms with van der Waals surface area (Å²) in [5.41, 5.74) is 16.6. The van der Waals surface area contributed by atoms with E-state index in [0.29, 0.717) is 34.5 Å². The number of pyridine rings is 2. The number of rotatable bonds is 16. The molecular formula is C62H55ClF4N4O7. The molecule has 3 heterocycles. The van der Waals surface area contributed by atoms with Gasteiger partial charge in [0.2, 0.25) is 0 Å². The van der Waals surface area contributed by atoms with Crippen molar-refractivity contribution in [1.82, 2.24) is 15.0 Å². The molecule has 1 aliphatic carbocycles. The molecule has 3 aromatic heterocycles. The van der Waals surface area contributed by atoms with Crippen LogP contribution in [0.1, 0.15) is 64.0 Å². The molecule has 0 aliphatic heterocycles. The molecule has 6 aromatic carbocycles. The number of carbonyl (C=O) groups is 2. The third-order valence-corrected chi connectivity index (χ3v) is 13.0. The van der Waals surface area contributed by atoms with Gasteiger partial charge >= 0.3 is 5.97 Å². The van der Waals surface area contributed by atoms with Crippen molar-refractivity contribution in [2.75, 3.05) is 14.2 Å². The number of carbonyl (C=O) groups excluding carboxylic acids is 1. The van der Waals surface area contributed by atoms with Crippen LogP contribution in [0.2, 0.25) is 0 Å². The van der Waals surface area contributed by atoms with Crippen LogP contribution in [0.3, 0.4) is 0 Å². The van der Waals surface area contributed by atoms with Gasteiger partial charge in [0.1, 0.15) is 52.1 Å². The number of H-pyrrole nitrogens is 1. The molecule has 78 heavy (non-hydrogen) atoms. The zero-order valence-electron chi connectivity index (χ0n) is 42.4. The fourth-order valence-corrected chi connectivity index (χ4v) is 9.43. The largest absolute Gasteiger partial charge is 0.508 e. The predicted molar refractivity (Wildman–Crippen MR) is 295 cm³/mol. The average Bonchev–Trinajstić information content (AvgIpc) is 4.04. The van der Waals surface area contributed by atoms with Gasteiger partial charge < -0.3 is 35.5 Å². The molecule has 0 saturated carbocycles. The Morgan fingerprint density at radius 2 is 1.17 bits per heavy atom. The summed E-state index contributed by atoms with van der Waals surface area (Å²) in [6, 6.07) is 39.1. The van der Waals surface area contributed by atoms with Crippen LogP contribution in [0.15, 0.2) is 170 Å². The van der Waals surface area contributed by atoms with E-state index >= 15 is 0 Å². The number of carboxylic acids is 1. The van der Waals surface area contributed by atoms with E-state index in [4.69, 9.17) is 20.3 Å². The number of hydrogen-bond acceptors (Lipinski definition) is 9. The van der Waals surface area contributed by atoms with Gasteiger partial charge in [-0.25, -0.2) is 17.6 Å². The smallest absolute Gasteiger partial charge is 0.307 e. The molecule has 16 heteroatoms. The number of benzene rings is 6. The van der Waals surface area contributed by atoms with E-state index in [0.717, 1.165) is 73.5 Å². The minimum absolute atomic E-state index is 0. The van der Waals surface area contributed by atoms with E-state index in [2.05, 4.69) is 15.0 Å². The number of fused-ring (bicyclic) bond motifs is 2. The van der Waals surface area contributed by atoms with Gasteiger partial charge in [-0.3, -0.25) is 19.6 Å². The Labute approximate surface area is 454 Å². The molecule has 10 rings (SSSR count). The number of aliphatic carboxylic acids is 1. The highest BCUT2D eigenvalue weighted by molar-refractivity contribution is 5.93. The van der Waals surface area contributed by atoms with Crippen LogP contribution in [-0.4, -0.2) is 56.2 Å². The van der Waals surface area contributed by atoms with Crippen molar-refractivity contribution in [3.63, 3.8) is 0 Å². The molecule has 0 spiro atoms. The molecular weight excluding hydrogens is 1020 g/mol. The fourth-order valence-electron chi connectivity index (χ4n) is 9.43. The normalized spacial score (nSPS) is 12.1. The van der Waals surface area contributed by atoms with E-state index in [1.165, 1.54) is 24.3 Å². The average molecular weight is 1080 g/mol. The summed E-state index contributed by atoms with van der Waals surface area (Å²) >= 11 is 0. The summed E-state index contributed by atoms with van der Waals surface area (Å²) in [7, 11) is 3.21. The Balaban J connectivity index is 0.000000188. The van der Waals surface area contributed by atoms with Gasteiger partial charge in [-0.15, -0.1) is 12.4 Å². The lowest BCUT2D eigenvalue weighted by molar-refractivity contribution is -0.136. The first kappa shape index (κ1) is 56.9. The molecule has 0 radical (unpaired) electrons. The van der Waals surface area contributed by atoms with Crippen LogP contribution >= 0.6 is 12.4 Å². The number of nitrogens with two attached hydrogens (primary N) is 1. The summed E-state index contributed by atoms with van der Waals surface area (Å²) in [5.74, 6) is -2.06. The highest BCUT2D eigenvalue weighted by Gasteiger charge is 2.25. The van der Waals surface area contributed by atoms with E-state index in [-0.39, 0.29) is 61.8 Å². The molecule has 400 valence electrons. The lowest BCUT2D eigenvalue weighted by Crippen LogP contribution is -2.16. The van der Waals surface area contributed by atoms with Gasteiger partial charge in [0.15, 0.2) is 0 Å². The summed E-state index contributed by atoms with van der Waals surface area (Å²) in [4.78, 5) is 35.9. The number of ketones is 1. The number of Topliss-reactive ketones (excluding diaryl/α,β-unsaturated/α-hetero) is 1. The minimum Gasteiger partial charge on any atom is -0.508 e. The molecule has 6 N–H and O–H groups in total. The summed E-state index contributed by atoms with van der Waals surface area (Å²) in [6.45, 7) is 0. The Kier molecular flexibility index (Phi) is 19.2. The van der Waals surface area contributed by atoms with Crippen molar-refractivity contribution in [3.05, 3.63) is 233 Å². The molecule has 0 amide bonds. The lowest BCUT2D eigenvalue weighted by atomic mass is 9.85. The topological polar surface area (TPSA) is 181 Å². The number of methoxy groups -OCH3 is 2. The molecule has 1 aliphatic rings. The van der Waals surface area contributed by atoms with E-state index in [9.17, 15) is 37.4 Å². The first-order valence-electron chi connectivity index (χ1n) is 24.5. The molecule has 9 aromatic rings. The number of halogens is 5. The number of nitrogens with one attached hydrogen (secondary N) is 1. The van der Waals surface area contributed by atoms with Crippen molar-refractivity contribution in [2.45, 2.75) is 50.5 Å². The van der Waals surface area contributed by atoms with Gasteiger partial charge in [0.25, 0.3) is 0 Å². The number of phenols is 2. The maximum absolute atomic E-state index is 14.0. The van der Waals surface area contributed by atoms with Crippen LogP contribution in [0.5, 0.6) is 23.0 Å². The highest BCUT2D eigenvalue weighted by Crippen LogP contribution is 2.37. The Bertz CT molecular complexity index is 3530. The number of hydrogen-bond donors (Lipinski definition) is 5. The number of phenolic OH excluding ortho intramolecular Hbond substituents is 2. The first-order valence-corrected chi connectivity index (χ1v) is 24.5. The molecule has 11 nitrogen and oxygen atoms in total. The second-order valence-corrected chi connectivity index (χ2v) is 18.4. The third-order valence-electron chi connectivity index (χ3n) is 13.0. The zero-order chi connectivity index (χ0) is 54.6. The highest BCUT2D eigenvalue weighted by atomic mass is 35.5. The van der Waals surface area contributed by atoms with Gasteiger partial charge in [0.05, 0.1) is 38.1 Å². The minimum atomic E-state index is -0.880. The molecule has 0 saturated heterocycles. The van der Waals surface area contributed by atoms with Crippen LogP contribution in [0, 0.1) is 23.3 Å². The van der Waals surface area contributed by atoms with Crippen LogP contribution in [0.25, 0.3) is 38.7 Å².